The first kappa shape index (κ1) is 18.9. The van der Waals surface area contributed by atoms with E-state index in [0.717, 1.165) is 33.7 Å². The number of rotatable bonds is 3. The molecule has 4 aromatic rings. The normalized spacial score (nSPS) is 11.1. The number of nitrogens with zero attached hydrogens (tertiary/aromatic N) is 2. The number of imidazole rings is 1. The number of carbonyl (C=O) groups excluding carboxylic acids is 1. The summed E-state index contributed by atoms with van der Waals surface area (Å²) in [7, 11) is 2.00. The zero-order valence-corrected chi connectivity index (χ0v) is 17.5. The van der Waals surface area contributed by atoms with Crippen molar-refractivity contribution in [2.45, 2.75) is 27.7 Å². The first-order chi connectivity index (χ1) is 13.8. The Morgan fingerprint density at radius 3 is 2.28 bits per heavy atom. The second-order valence-corrected chi connectivity index (χ2v) is 7.72. The molecule has 0 saturated heterocycles. The predicted molar refractivity (Wildman–Crippen MR) is 119 cm³/mol. The fourth-order valence-corrected chi connectivity index (χ4v) is 3.74. The highest BCUT2D eigenvalue weighted by Crippen LogP contribution is 2.29. The van der Waals surface area contributed by atoms with Gasteiger partial charge in [-0.15, -0.1) is 0 Å². The second-order valence-electron chi connectivity index (χ2n) is 7.72. The third kappa shape index (κ3) is 3.42. The van der Waals surface area contributed by atoms with Gasteiger partial charge in [-0.05, 0) is 80.3 Å². The molecule has 29 heavy (non-hydrogen) atoms. The minimum atomic E-state index is -0.120. The summed E-state index contributed by atoms with van der Waals surface area (Å²) < 4.78 is 2.07. The van der Waals surface area contributed by atoms with E-state index in [1.165, 1.54) is 16.7 Å². The third-order valence-corrected chi connectivity index (χ3v) is 5.61. The van der Waals surface area contributed by atoms with Crippen LogP contribution in [-0.4, -0.2) is 15.5 Å². The maximum Gasteiger partial charge on any atom is 0.255 e. The minimum Gasteiger partial charge on any atom is -0.327 e. The van der Waals surface area contributed by atoms with Gasteiger partial charge in [0.15, 0.2) is 0 Å². The van der Waals surface area contributed by atoms with Crippen molar-refractivity contribution in [2.75, 3.05) is 5.32 Å². The molecule has 0 spiro atoms. The largest absolute Gasteiger partial charge is 0.327 e. The zero-order valence-electron chi connectivity index (χ0n) is 17.5. The van der Waals surface area contributed by atoms with Gasteiger partial charge >= 0.3 is 0 Å². The average molecular weight is 383 g/mol. The van der Waals surface area contributed by atoms with E-state index in [9.17, 15) is 4.79 Å². The molecule has 0 saturated carbocycles. The summed E-state index contributed by atoms with van der Waals surface area (Å²) in [6.45, 7) is 8.31. The number of anilines is 1. The monoisotopic (exact) mass is 383 g/mol. The molecule has 4 nitrogen and oxygen atoms in total. The lowest BCUT2D eigenvalue weighted by Crippen LogP contribution is -2.12. The molecule has 146 valence electrons. The first-order valence-electron chi connectivity index (χ1n) is 9.77. The second kappa shape index (κ2) is 7.21. The number of hydrogen-bond acceptors (Lipinski definition) is 2. The van der Waals surface area contributed by atoms with Gasteiger partial charge in [-0.1, -0.05) is 24.3 Å². The Morgan fingerprint density at radius 2 is 1.59 bits per heavy atom. The van der Waals surface area contributed by atoms with E-state index < -0.39 is 0 Å². The fourth-order valence-electron chi connectivity index (χ4n) is 3.74. The molecule has 0 aliphatic heterocycles. The summed E-state index contributed by atoms with van der Waals surface area (Å²) in [5, 5.41) is 3.00. The van der Waals surface area contributed by atoms with Crippen molar-refractivity contribution in [1.29, 1.82) is 0 Å². The highest BCUT2D eigenvalue weighted by molar-refractivity contribution is 6.06. The summed E-state index contributed by atoms with van der Waals surface area (Å²) in [4.78, 5) is 17.7. The fraction of sp³-hybridized carbons (Fsp3) is 0.200. The molecule has 0 aliphatic carbocycles. The van der Waals surface area contributed by atoms with Crippen molar-refractivity contribution in [1.82, 2.24) is 9.55 Å². The van der Waals surface area contributed by atoms with Gasteiger partial charge in [-0.25, -0.2) is 4.98 Å². The molecule has 0 bridgehead atoms. The molecule has 1 aromatic heterocycles. The summed E-state index contributed by atoms with van der Waals surface area (Å²) in [6.07, 6.45) is 0. The lowest BCUT2D eigenvalue weighted by Gasteiger charge is -2.10. The van der Waals surface area contributed by atoms with E-state index in [2.05, 4.69) is 48.9 Å². The molecule has 0 atom stereocenters. The number of fused-ring (bicyclic) bond motifs is 1. The number of nitrogens with one attached hydrogen (secondary N) is 1. The molecule has 0 unspecified atom stereocenters. The first-order valence-corrected chi connectivity index (χ1v) is 9.77. The lowest BCUT2D eigenvalue weighted by atomic mass is 10.0. The predicted octanol–water partition coefficient (Wildman–Crippen LogP) is 5.73. The lowest BCUT2D eigenvalue weighted by molar-refractivity contribution is 0.102. The average Bonchev–Trinajstić information content (AvgIpc) is 3.00. The Morgan fingerprint density at radius 1 is 0.862 bits per heavy atom. The van der Waals surface area contributed by atoms with Crippen molar-refractivity contribution in [3.63, 3.8) is 0 Å². The number of aromatic nitrogens is 2. The number of aryl methyl sites for hydroxylation is 5. The van der Waals surface area contributed by atoms with Crippen LogP contribution in [0.4, 0.5) is 5.69 Å². The molecular weight excluding hydrogens is 358 g/mol. The zero-order chi connectivity index (χ0) is 20.7. The van der Waals surface area contributed by atoms with E-state index in [4.69, 9.17) is 4.98 Å². The molecule has 4 heteroatoms. The number of amides is 1. The van der Waals surface area contributed by atoms with E-state index in [1.54, 1.807) is 0 Å². The molecule has 1 N–H and O–H groups in total. The van der Waals surface area contributed by atoms with Gasteiger partial charge in [-0.2, -0.15) is 0 Å². The topological polar surface area (TPSA) is 46.9 Å². The third-order valence-electron chi connectivity index (χ3n) is 5.61. The van der Waals surface area contributed by atoms with Gasteiger partial charge < -0.3 is 9.88 Å². The highest BCUT2D eigenvalue weighted by atomic mass is 16.1. The van der Waals surface area contributed by atoms with Crippen molar-refractivity contribution in [3.8, 4) is 11.4 Å². The maximum absolute atomic E-state index is 12.8. The Kier molecular flexibility index (Phi) is 4.71. The molecule has 1 heterocycles. The van der Waals surface area contributed by atoms with Gasteiger partial charge in [0.1, 0.15) is 5.82 Å². The summed E-state index contributed by atoms with van der Waals surface area (Å²) in [6, 6.07) is 17.9. The standard InChI is InChI=1S/C25H25N3O/c1-15-9-11-20(13-18(15)4)26-25(29)19-10-12-21-22(14-19)28(5)24(27-21)23-16(2)7-6-8-17(23)3/h6-14H,1-5H3,(H,26,29). The van der Waals surface area contributed by atoms with Crippen LogP contribution in [0.1, 0.15) is 32.6 Å². The van der Waals surface area contributed by atoms with Gasteiger partial charge in [0, 0.05) is 23.9 Å². The van der Waals surface area contributed by atoms with Crippen LogP contribution in [0.25, 0.3) is 22.4 Å². The van der Waals surface area contributed by atoms with Crippen LogP contribution >= 0.6 is 0 Å². The van der Waals surface area contributed by atoms with Crippen LogP contribution in [0.15, 0.2) is 54.6 Å². The van der Waals surface area contributed by atoms with Gasteiger partial charge in [0.05, 0.1) is 11.0 Å². The molecule has 4 rings (SSSR count). The van der Waals surface area contributed by atoms with Crippen molar-refractivity contribution in [2.24, 2.45) is 7.05 Å². The number of carbonyl (C=O) groups is 1. The number of benzene rings is 3. The van der Waals surface area contributed by atoms with E-state index >= 15 is 0 Å². The smallest absolute Gasteiger partial charge is 0.255 e. The van der Waals surface area contributed by atoms with Crippen molar-refractivity contribution >= 4 is 22.6 Å². The summed E-state index contributed by atoms with van der Waals surface area (Å²) in [5.41, 5.74) is 9.13. The highest BCUT2D eigenvalue weighted by Gasteiger charge is 2.16. The molecular formula is C25H25N3O. The molecule has 0 fully saturated rings. The van der Waals surface area contributed by atoms with Crippen LogP contribution in [0.3, 0.4) is 0 Å². The van der Waals surface area contributed by atoms with E-state index in [0.29, 0.717) is 5.56 Å². The van der Waals surface area contributed by atoms with Gasteiger partial charge in [0.2, 0.25) is 0 Å². The van der Waals surface area contributed by atoms with Crippen molar-refractivity contribution < 1.29 is 4.79 Å². The molecule has 0 radical (unpaired) electrons. The van der Waals surface area contributed by atoms with Crippen LogP contribution < -0.4 is 5.32 Å². The summed E-state index contributed by atoms with van der Waals surface area (Å²) >= 11 is 0. The Labute approximate surface area is 171 Å². The summed E-state index contributed by atoms with van der Waals surface area (Å²) in [5.74, 6) is 0.798. The van der Waals surface area contributed by atoms with Crippen molar-refractivity contribution in [3.05, 3.63) is 82.4 Å². The van der Waals surface area contributed by atoms with Gasteiger partial charge in [0.25, 0.3) is 5.91 Å². The SMILES string of the molecule is Cc1ccc(NC(=O)c2ccc3nc(-c4c(C)cccc4C)n(C)c3c2)cc1C. The molecule has 0 aliphatic rings. The minimum absolute atomic E-state index is 0.120. The Balaban J connectivity index is 1.72. The van der Waals surface area contributed by atoms with E-state index in [1.807, 2.05) is 50.4 Å². The molecule has 1 amide bonds. The van der Waals surface area contributed by atoms with Gasteiger partial charge in [-0.3, -0.25) is 4.79 Å². The van der Waals surface area contributed by atoms with Crippen LogP contribution in [-0.2, 0) is 7.05 Å². The van der Waals surface area contributed by atoms with E-state index in [-0.39, 0.29) is 5.91 Å². The molecule has 3 aromatic carbocycles. The number of hydrogen-bond donors (Lipinski definition) is 1. The van der Waals surface area contributed by atoms with Crippen LogP contribution in [0, 0.1) is 27.7 Å². The maximum atomic E-state index is 12.8. The Bertz CT molecular complexity index is 1230. The van der Waals surface area contributed by atoms with Crippen LogP contribution in [0.5, 0.6) is 0 Å². The van der Waals surface area contributed by atoms with Crippen LogP contribution in [0.2, 0.25) is 0 Å². The quantitative estimate of drug-likeness (QED) is 0.491. The Hall–Kier alpha value is -3.40.